The van der Waals surface area contributed by atoms with Crippen molar-refractivity contribution in [3.05, 3.63) is 58.1 Å². The maximum atomic E-state index is 11.8. The first-order valence-electron chi connectivity index (χ1n) is 5.57. The number of halogens is 1. The highest BCUT2D eigenvalue weighted by atomic mass is 79.9. The minimum Gasteiger partial charge on any atom is -0.465 e. The quantitative estimate of drug-likeness (QED) is 0.777. The Hall–Kier alpha value is -1.61. The third-order valence-corrected chi connectivity index (χ3v) is 3.32. The Morgan fingerprint density at radius 2 is 1.83 bits per heavy atom. The number of carbonyl (C=O) groups is 1. The van der Waals surface area contributed by atoms with E-state index in [1.165, 1.54) is 7.11 Å². The first kappa shape index (κ1) is 12.8. The van der Waals surface area contributed by atoms with Crippen molar-refractivity contribution in [1.82, 2.24) is 0 Å². The van der Waals surface area contributed by atoms with Gasteiger partial charge < -0.3 is 4.74 Å². The van der Waals surface area contributed by atoms with Crippen molar-refractivity contribution in [3.8, 4) is 11.1 Å². The highest BCUT2D eigenvalue weighted by Gasteiger charge is 2.14. The number of carbonyl (C=O) groups excluding carboxylic acids is 1. The summed E-state index contributed by atoms with van der Waals surface area (Å²) in [4.78, 5) is 11.8. The molecule has 0 heterocycles. The number of rotatable bonds is 2. The van der Waals surface area contributed by atoms with Gasteiger partial charge in [0.2, 0.25) is 0 Å². The summed E-state index contributed by atoms with van der Waals surface area (Å²) in [6, 6.07) is 13.5. The molecule has 2 aromatic carbocycles. The van der Waals surface area contributed by atoms with Crippen molar-refractivity contribution in [1.29, 1.82) is 0 Å². The average molecular weight is 305 g/mol. The molecule has 0 fully saturated rings. The van der Waals surface area contributed by atoms with Crippen LogP contribution in [0.4, 0.5) is 0 Å². The Balaban J connectivity index is 2.66. The van der Waals surface area contributed by atoms with Crippen LogP contribution in [0.15, 0.2) is 46.9 Å². The number of benzene rings is 2. The molecule has 0 radical (unpaired) electrons. The Labute approximate surface area is 115 Å². The van der Waals surface area contributed by atoms with Crippen molar-refractivity contribution in [2.75, 3.05) is 7.11 Å². The van der Waals surface area contributed by atoms with E-state index < -0.39 is 0 Å². The van der Waals surface area contributed by atoms with Crippen molar-refractivity contribution >= 4 is 21.9 Å². The number of hydrogen-bond donors (Lipinski definition) is 0. The van der Waals surface area contributed by atoms with Crippen LogP contribution in [0.1, 0.15) is 15.9 Å². The minimum atomic E-state index is -0.319. The monoisotopic (exact) mass is 304 g/mol. The molecule has 0 N–H and O–H groups in total. The molecule has 0 unspecified atom stereocenters. The molecule has 0 aliphatic carbocycles. The van der Waals surface area contributed by atoms with Crippen LogP contribution in [-0.4, -0.2) is 13.1 Å². The third kappa shape index (κ3) is 2.46. The molecule has 92 valence electrons. The summed E-state index contributed by atoms with van der Waals surface area (Å²) in [5, 5.41) is 0. The molecule has 3 heteroatoms. The average Bonchev–Trinajstić information content (AvgIpc) is 2.38. The molecule has 0 amide bonds. The summed E-state index contributed by atoms with van der Waals surface area (Å²) in [7, 11) is 1.39. The van der Waals surface area contributed by atoms with Gasteiger partial charge in [-0.3, -0.25) is 0 Å². The molecule has 18 heavy (non-hydrogen) atoms. The molecule has 0 aromatic heterocycles. The van der Waals surface area contributed by atoms with Crippen molar-refractivity contribution in [2.45, 2.75) is 6.92 Å². The van der Waals surface area contributed by atoms with E-state index in [1.807, 2.05) is 43.3 Å². The smallest absolute Gasteiger partial charge is 0.338 e. The van der Waals surface area contributed by atoms with Crippen molar-refractivity contribution in [2.24, 2.45) is 0 Å². The summed E-state index contributed by atoms with van der Waals surface area (Å²) >= 11 is 3.44. The van der Waals surface area contributed by atoms with E-state index in [0.29, 0.717) is 5.56 Å². The summed E-state index contributed by atoms with van der Waals surface area (Å²) in [6.07, 6.45) is 0. The van der Waals surface area contributed by atoms with Gasteiger partial charge in [0.05, 0.1) is 12.7 Å². The molecule has 2 aromatic rings. The van der Waals surface area contributed by atoms with Crippen LogP contribution >= 0.6 is 15.9 Å². The molecule has 0 saturated carbocycles. The van der Waals surface area contributed by atoms with Crippen molar-refractivity contribution in [3.63, 3.8) is 0 Å². The number of methoxy groups -OCH3 is 1. The van der Waals surface area contributed by atoms with E-state index in [-0.39, 0.29) is 5.97 Å². The lowest BCUT2D eigenvalue weighted by Crippen LogP contribution is -2.04. The minimum absolute atomic E-state index is 0.319. The van der Waals surface area contributed by atoms with Crippen LogP contribution in [0.3, 0.4) is 0 Å². The maximum absolute atomic E-state index is 11.8. The van der Waals surface area contributed by atoms with Gasteiger partial charge >= 0.3 is 5.97 Å². The molecule has 0 atom stereocenters. The molecule has 0 aliphatic rings. The van der Waals surface area contributed by atoms with E-state index in [9.17, 15) is 4.79 Å². The van der Waals surface area contributed by atoms with Gasteiger partial charge in [0.1, 0.15) is 0 Å². The fourth-order valence-electron chi connectivity index (χ4n) is 1.90. The zero-order valence-corrected chi connectivity index (χ0v) is 11.8. The lowest BCUT2D eigenvalue weighted by atomic mass is 9.96. The summed E-state index contributed by atoms with van der Waals surface area (Å²) < 4.78 is 5.76. The first-order valence-corrected chi connectivity index (χ1v) is 6.36. The van der Waals surface area contributed by atoms with Gasteiger partial charge in [-0.25, -0.2) is 4.79 Å². The van der Waals surface area contributed by atoms with Crippen molar-refractivity contribution < 1.29 is 9.53 Å². The first-order chi connectivity index (χ1) is 8.63. The number of aryl methyl sites for hydroxylation is 1. The van der Waals surface area contributed by atoms with Gasteiger partial charge in [0.25, 0.3) is 0 Å². The number of ether oxygens (including phenoxy) is 1. The van der Waals surface area contributed by atoms with Crippen LogP contribution < -0.4 is 0 Å². The third-order valence-electron chi connectivity index (χ3n) is 2.82. The lowest BCUT2D eigenvalue weighted by molar-refractivity contribution is 0.0601. The maximum Gasteiger partial charge on any atom is 0.338 e. The van der Waals surface area contributed by atoms with Crippen LogP contribution in [0.25, 0.3) is 11.1 Å². The predicted molar refractivity (Wildman–Crippen MR) is 75.7 cm³/mol. The summed E-state index contributed by atoms with van der Waals surface area (Å²) in [5.41, 5.74) is 3.63. The molecule has 2 nitrogen and oxygen atoms in total. The fraction of sp³-hybridized carbons (Fsp3) is 0.133. The Kier molecular flexibility index (Phi) is 3.82. The molecular weight excluding hydrogens is 292 g/mol. The van der Waals surface area contributed by atoms with Gasteiger partial charge in [0, 0.05) is 4.47 Å². The Bertz CT molecular complexity index is 591. The fourth-order valence-corrected chi connectivity index (χ4v) is 2.26. The molecule has 0 spiro atoms. The SMILES string of the molecule is COC(=O)c1ccc(Br)cc1-c1ccccc1C. The number of esters is 1. The highest BCUT2D eigenvalue weighted by molar-refractivity contribution is 9.10. The molecular formula is C15H13BrO2. The molecule has 2 rings (SSSR count). The predicted octanol–water partition coefficient (Wildman–Crippen LogP) is 4.21. The van der Waals surface area contributed by atoms with Crippen LogP contribution in [-0.2, 0) is 4.74 Å². The van der Waals surface area contributed by atoms with Gasteiger partial charge in [-0.15, -0.1) is 0 Å². The van der Waals surface area contributed by atoms with E-state index in [4.69, 9.17) is 4.74 Å². The normalized spacial score (nSPS) is 10.2. The van der Waals surface area contributed by atoms with Gasteiger partial charge in [0.15, 0.2) is 0 Å². The van der Waals surface area contributed by atoms with E-state index >= 15 is 0 Å². The Morgan fingerprint density at radius 1 is 1.11 bits per heavy atom. The second-order valence-corrected chi connectivity index (χ2v) is 4.91. The lowest BCUT2D eigenvalue weighted by Gasteiger charge is -2.11. The largest absolute Gasteiger partial charge is 0.465 e. The summed E-state index contributed by atoms with van der Waals surface area (Å²) in [6.45, 7) is 2.03. The van der Waals surface area contributed by atoms with Gasteiger partial charge in [-0.2, -0.15) is 0 Å². The van der Waals surface area contributed by atoms with E-state index in [0.717, 1.165) is 21.2 Å². The van der Waals surface area contributed by atoms with E-state index in [2.05, 4.69) is 15.9 Å². The zero-order valence-electron chi connectivity index (χ0n) is 10.2. The molecule has 0 bridgehead atoms. The second kappa shape index (κ2) is 5.36. The topological polar surface area (TPSA) is 26.3 Å². The second-order valence-electron chi connectivity index (χ2n) is 4.00. The summed E-state index contributed by atoms with van der Waals surface area (Å²) in [5.74, 6) is -0.319. The molecule has 0 aliphatic heterocycles. The van der Waals surface area contributed by atoms with Crippen LogP contribution in [0.5, 0.6) is 0 Å². The van der Waals surface area contributed by atoms with Crippen LogP contribution in [0.2, 0.25) is 0 Å². The zero-order chi connectivity index (χ0) is 13.1. The highest BCUT2D eigenvalue weighted by Crippen LogP contribution is 2.30. The Morgan fingerprint density at radius 3 is 2.50 bits per heavy atom. The van der Waals surface area contributed by atoms with E-state index in [1.54, 1.807) is 6.07 Å². The molecule has 0 saturated heterocycles. The van der Waals surface area contributed by atoms with Crippen LogP contribution in [0, 0.1) is 6.92 Å². The van der Waals surface area contributed by atoms with Gasteiger partial charge in [-0.1, -0.05) is 40.2 Å². The standard InChI is InChI=1S/C15H13BrO2/c1-10-5-3-4-6-12(10)14-9-11(16)7-8-13(14)15(17)18-2/h3-9H,1-2H3. The number of hydrogen-bond acceptors (Lipinski definition) is 2. The van der Waals surface area contributed by atoms with Gasteiger partial charge in [-0.05, 0) is 41.8 Å².